The van der Waals surface area contributed by atoms with Crippen LogP contribution in [0.1, 0.15) is 49.5 Å². The van der Waals surface area contributed by atoms with E-state index in [1.54, 1.807) is 41.3 Å². The highest BCUT2D eigenvalue weighted by Crippen LogP contribution is 2.29. The fourth-order valence-corrected chi connectivity index (χ4v) is 5.02. The van der Waals surface area contributed by atoms with E-state index in [0.29, 0.717) is 56.1 Å². The SMILES string of the molecule is Cc1ccc(C(=O)Nc2ccc(N3CCN(C(=O)c4ccccc4F)CC3)c(C(=O)N3CCCC3)c2)cc1. The topological polar surface area (TPSA) is 73.0 Å². The van der Waals surface area contributed by atoms with Gasteiger partial charge in [0.1, 0.15) is 5.82 Å². The van der Waals surface area contributed by atoms with Gasteiger partial charge in [-0.2, -0.15) is 0 Å². The Morgan fingerprint density at radius 1 is 0.737 bits per heavy atom. The van der Waals surface area contributed by atoms with E-state index in [1.807, 2.05) is 30.0 Å². The Balaban J connectivity index is 1.35. The molecule has 5 rings (SSSR count). The molecule has 2 fully saturated rings. The van der Waals surface area contributed by atoms with E-state index in [-0.39, 0.29) is 23.3 Å². The molecule has 0 saturated carbocycles. The minimum absolute atomic E-state index is 0.0613. The van der Waals surface area contributed by atoms with Crippen molar-refractivity contribution in [3.05, 3.63) is 94.8 Å². The third kappa shape index (κ3) is 5.39. The van der Waals surface area contributed by atoms with Gasteiger partial charge < -0.3 is 20.0 Å². The third-order valence-electron chi connectivity index (χ3n) is 7.20. The monoisotopic (exact) mass is 514 g/mol. The van der Waals surface area contributed by atoms with E-state index in [2.05, 4.69) is 10.2 Å². The Labute approximate surface area is 221 Å². The number of benzene rings is 3. The number of nitrogens with zero attached hydrogens (tertiary/aromatic N) is 3. The van der Waals surface area contributed by atoms with Gasteiger partial charge in [-0.1, -0.05) is 29.8 Å². The molecule has 2 aliphatic heterocycles. The van der Waals surface area contributed by atoms with Gasteiger partial charge in [0.15, 0.2) is 0 Å². The highest BCUT2D eigenvalue weighted by Gasteiger charge is 2.28. The molecule has 3 aromatic rings. The minimum Gasteiger partial charge on any atom is -0.367 e. The summed E-state index contributed by atoms with van der Waals surface area (Å²) in [7, 11) is 0. The number of carbonyl (C=O) groups is 3. The second-order valence-corrected chi connectivity index (χ2v) is 9.81. The quantitative estimate of drug-likeness (QED) is 0.541. The van der Waals surface area contributed by atoms with Gasteiger partial charge in [0.2, 0.25) is 0 Å². The predicted octanol–water partition coefficient (Wildman–Crippen LogP) is 4.58. The maximum absolute atomic E-state index is 14.2. The minimum atomic E-state index is -0.526. The van der Waals surface area contributed by atoms with Gasteiger partial charge in [0, 0.05) is 56.2 Å². The number of halogens is 1. The van der Waals surface area contributed by atoms with Crippen LogP contribution in [0.15, 0.2) is 66.7 Å². The van der Waals surface area contributed by atoms with Crippen molar-refractivity contribution in [2.75, 3.05) is 49.5 Å². The summed E-state index contributed by atoms with van der Waals surface area (Å²) in [4.78, 5) is 44.8. The highest BCUT2D eigenvalue weighted by atomic mass is 19.1. The first-order chi connectivity index (χ1) is 18.4. The molecule has 3 amide bonds. The fourth-order valence-electron chi connectivity index (χ4n) is 5.02. The van der Waals surface area contributed by atoms with E-state index < -0.39 is 5.82 Å². The van der Waals surface area contributed by atoms with Gasteiger partial charge in [0.25, 0.3) is 17.7 Å². The number of anilines is 2. The molecule has 8 heteroatoms. The van der Waals surface area contributed by atoms with E-state index in [4.69, 9.17) is 0 Å². The predicted molar refractivity (Wildman–Crippen MR) is 145 cm³/mol. The molecule has 0 unspecified atom stereocenters. The van der Waals surface area contributed by atoms with Gasteiger partial charge in [-0.05, 0) is 62.2 Å². The lowest BCUT2D eigenvalue weighted by Crippen LogP contribution is -2.49. The van der Waals surface area contributed by atoms with Crippen LogP contribution >= 0.6 is 0 Å². The van der Waals surface area contributed by atoms with Crippen LogP contribution in [-0.2, 0) is 0 Å². The lowest BCUT2D eigenvalue weighted by molar-refractivity contribution is 0.0738. The Kier molecular flexibility index (Phi) is 7.40. The van der Waals surface area contributed by atoms with Crippen LogP contribution in [0.5, 0.6) is 0 Å². The van der Waals surface area contributed by atoms with Crippen LogP contribution in [0.4, 0.5) is 15.8 Å². The molecule has 0 spiro atoms. The van der Waals surface area contributed by atoms with Crippen LogP contribution in [0.25, 0.3) is 0 Å². The van der Waals surface area contributed by atoms with Crippen LogP contribution in [-0.4, -0.2) is 66.8 Å². The highest BCUT2D eigenvalue weighted by molar-refractivity contribution is 6.06. The number of piperazine rings is 1. The van der Waals surface area contributed by atoms with Crippen LogP contribution in [0.2, 0.25) is 0 Å². The summed E-state index contributed by atoms with van der Waals surface area (Å²) in [6, 6.07) is 18.8. The Hall–Kier alpha value is -4.20. The number of rotatable bonds is 5. The smallest absolute Gasteiger partial charge is 0.256 e. The first kappa shape index (κ1) is 25.4. The molecule has 0 bridgehead atoms. The van der Waals surface area contributed by atoms with E-state index in [1.165, 1.54) is 12.1 Å². The summed E-state index contributed by atoms with van der Waals surface area (Å²) in [5, 5.41) is 2.92. The zero-order valence-corrected chi connectivity index (χ0v) is 21.5. The number of carbonyl (C=O) groups excluding carboxylic acids is 3. The zero-order chi connectivity index (χ0) is 26.6. The van der Waals surface area contributed by atoms with Gasteiger partial charge in [0.05, 0.1) is 11.1 Å². The van der Waals surface area contributed by atoms with Gasteiger partial charge in [-0.15, -0.1) is 0 Å². The van der Waals surface area contributed by atoms with Crippen molar-refractivity contribution >= 4 is 29.1 Å². The van der Waals surface area contributed by atoms with Gasteiger partial charge >= 0.3 is 0 Å². The number of aryl methyl sites for hydroxylation is 1. The number of amides is 3. The van der Waals surface area contributed by atoms with Crippen LogP contribution in [0.3, 0.4) is 0 Å². The maximum atomic E-state index is 14.2. The number of likely N-dealkylation sites (tertiary alicyclic amines) is 1. The van der Waals surface area contributed by atoms with Crippen LogP contribution in [0, 0.1) is 12.7 Å². The molecular formula is C30H31FN4O3. The fraction of sp³-hybridized carbons (Fsp3) is 0.300. The molecule has 7 nitrogen and oxygen atoms in total. The van der Waals surface area contributed by atoms with Gasteiger partial charge in [-0.25, -0.2) is 4.39 Å². The van der Waals surface area contributed by atoms with Crippen molar-refractivity contribution in [1.29, 1.82) is 0 Å². The van der Waals surface area contributed by atoms with Crippen molar-refractivity contribution in [2.24, 2.45) is 0 Å². The standard InChI is InChI=1S/C30H31FN4O3/c1-21-8-10-22(11-9-21)28(36)32-23-12-13-27(25(20-23)30(38)34-14-4-5-15-34)33-16-18-35(19-17-33)29(37)24-6-2-3-7-26(24)31/h2-3,6-13,20H,4-5,14-19H2,1H3,(H,32,36). The molecule has 0 radical (unpaired) electrons. The molecule has 3 aromatic carbocycles. The summed E-state index contributed by atoms with van der Waals surface area (Å²) in [5.41, 5.74) is 3.54. The molecule has 2 heterocycles. The summed E-state index contributed by atoms with van der Waals surface area (Å²) in [6.07, 6.45) is 1.95. The molecular weight excluding hydrogens is 483 g/mol. The number of hydrogen-bond acceptors (Lipinski definition) is 4. The first-order valence-electron chi connectivity index (χ1n) is 13.0. The first-order valence-corrected chi connectivity index (χ1v) is 13.0. The van der Waals surface area contributed by atoms with Crippen molar-refractivity contribution < 1.29 is 18.8 Å². The summed E-state index contributed by atoms with van der Waals surface area (Å²) in [5.74, 6) is -1.15. The lowest BCUT2D eigenvalue weighted by Gasteiger charge is -2.37. The molecule has 1 N–H and O–H groups in total. The zero-order valence-electron chi connectivity index (χ0n) is 21.5. The van der Waals surface area contributed by atoms with Crippen molar-refractivity contribution in [2.45, 2.75) is 19.8 Å². The largest absolute Gasteiger partial charge is 0.367 e. The van der Waals surface area contributed by atoms with E-state index in [9.17, 15) is 18.8 Å². The number of hydrogen-bond donors (Lipinski definition) is 1. The van der Waals surface area contributed by atoms with Crippen LogP contribution < -0.4 is 10.2 Å². The molecule has 2 saturated heterocycles. The van der Waals surface area contributed by atoms with Crippen molar-refractivity contribution in [3.63, 3.8) is 0 Å². The average molecular weight is 515 g/mol. The molecule has 0 aliphatic carbocycles. The molecule has 38 heavy (non-hydrogen) atoms. The second-order valence-electron chi connectivity index (χ2n) is 9.81. The van der Waals surface area contributed by atoms with E-state index in [0.717, 1.165) is 24.1 Å². The maximum Gasteiger partial charge on any atom is 0.256 e. The molecule has 0 atom stereocenters. The lowest BCUT2D eigenvalue weighted by atomic mass is 10.1. The molecule has 0 aromatic heterocycles. The van der Waals surface area contributed by atoms with E-state index >= 15 is 0 Å². The number of nitrogens with one attached hydrogen (secondary N) is 1. The normalized spacial score (nSPS) is 15.5. The van der Waals surface area contributed by atoms with Crippen molar-refractivity contribution in [1.82, 2.24) is 9.80 Å². The molecule has 196 valence electrons. The third-order valence-corrected chi connectivity index (χ3v) is 7.20. The van der Waals surface area contributed by atoms with Gasteiger partial charge in [-0.3, -0.25) is 14.4 Å². The summed E-state index contributed by atoms with van der Waals surface area (Å²) >= 11 is 0. The Morgan fingerprint density at radius 3 is 2.05 bits per heavy atom. The Bertz CT molecular complexity index is 1340. The van der Waals surface area contributed by atoms with Crippen molar-refractivity contribution in [3.8, 4) is 0 Å². The average Bonchev–Trinajstić information content (AvgIpc) is 3.48. The molecule has 2 aliphatic rings. The Morgan fingerprint density at radius 2 is 1.37 bits per heavy atom. The summed E-state index contributed by atoms with van der Waals surface area (Å²) < 4.78 is 14.2. The summed E-state index contributed by atoms with van der Waals surface area (Å²) in [6.45, 7) is 5.23. The second kappa shape index (κ2) is 11.0.